The minimum Gasteiger partial charge on any atom is -0.462 e. The molecule has 1 aliphatic heterocycles. The van der Waals surface area contributed by atoms with Gasteiger partial charge in [-0.2, -0.15) is 0 Å². The first kappa shape index (κ1) is 15.4. The molecule has 1 heterocycles. The summed E-state index contributed by atoms with van der Waals surface area (Å²) in [5, 5.41) is 0. The molecule has 4 atom stereocenters. The topological polar surface area (TPSA) is 54.0 Å². The second-order valence-corrected chi connectivity index (χ2v) is 4.72. The van der Waals surface area contributed by atoms with Crippen LogP contribution in [0.15, 0.2) is 0 Å². The fourth-order valence-electron chi connectivity index (χ4n) is 2.36. The van der Waals surface area contributed by atoms with Crippen LogP contribution in [0.4, 0.5) is 0 Å². The van der Waals surface area contributed by atoms with E-state index in [1.807, 2.05) is 6.92 Å². The molecule has 18 heavy (non-hydrogen) atoms. The Morgan fingerprint density at radius 3 is 2.28 bits per heavy atom. The zero-order valence-electron chi connectivity index (χ0n) is 11.7. The van der Waals surface area contributed by atoms with E-state index in [1.54, 1.807) is 21.3 Å². The highest BCUT2D eigenvalue weighted by atomic mass is 16.6. The molecule has 0 aromatic heterocycles. The Labute approximate surface area is 109 Å². The highest BCUT2D eigenvalue weighted by molar-refractivity contribution is 5.70. The number of ether oxygens (including phenoxy) is 4. The van der Waals surface area contributed by atoms with Gasteiger partial charge in [-0.1, -0.05) is 0 Å². The van der Waals surface area contributed by atoms with E-state index < -0.39 is 0 Å². The number of esters is 1. The summed E-state index contributed by atoms with van der Waals surface area (Å²) in [4.78, 5) is 11.7. The van der Waals surface area contributed by atoms with E-state index in [4.69, 9.17) is 18.9 Å². The summed E-state index contributed by atoms with van der Waals surface area (Å²) in [6.45, 7) is 1.89. The van der Waals surface area contributed by atoms with Gasteiger partial charge in [0.25, 0.3) is 0 Å². The van der Waals surface area contributed by atoms with Crippen molar-refractivity contribution < 1.29 is 23.7 Å². The van der Waals surface area contributed by atoms with Crippen molar-refractivity contribution in [3.8, 4) is 0 Å². The quantitative estimate of drug-likeness (QED) is 0.720. The Bertz CT molecular complexity index is 256. The summed E-state index contributed by atoms with van der Waals surface area (Å²) < 4.78 is 21.5. The number of carbonyl (C=O) groups excluding carboxylic acids is 1. The third kappa shape index (κ3) is 4.55. The fourth-order valence-corrected chi connectivity index (χ4v) is 2.36. The second-order valence-electron chi connectivity index (χ2n) is 4.72. The molecule has 1 aliphatic rings. The summed E-state index contributed by atoms with van der Waals surface area (Å²) in [5.41, 5.74) is 0. The summed E-state index contributed by atoms with van der Waals surface area (Å²) in [6.07, 6.45) is 2.23. The summed E-state index contributed by atoms with van der Waals surface area (Å²) in [7, 11) is 4.91. The first-order chi connectivity index (χ1) is 8.60. The first-order valence-electron chi connectivity index (χ1n) is 6.38. The maximum Gasteiger partial charge on any atom is 0.308 e. The maximum absolute atomic E-state index is 11.7. The third-order valence-electron chi connectivity index (χ3n) is 3.42. The zero-order valence-corrected chi connectivity index (χ0v) is 11.7. The van der Waals surface area contributed by atoms with E-state index in [2.05, 4.69) is 0 Å². The van der Waals surface area contributed by atoms with Crippen molar-refractivity contribution in [2.45, 2.75) is 57.0 Å². The summed E-state index contributed by atoms with van der Waals surface area (Å²) >= 11 is 0. The second kappa shape index (κ2) is 7.71. The van der Waals surface area contributed by atoms with Gasteiger partial charge in [-0.25, -0.2) is 0 Å². The van der Waals surface area contributed by atoms with E-state index in [1.165, 1.54) is 0 Å². The SMILES string of the molecule is COC1CCC(OC)C(OC)CC(=O)OC(C)C1. The smallest absolute Gasteiger partial charge is 0.308 e. The third-order valence-corrected chi connectivity index (χ3v) is 3.42. The minimum absolute atomic E-state index is 0.0843. The average Bonchev–Trinajstić information content (AvgIpc) is 2.35. The van der Waals surface area contributed by atoms with Gasteiger partial charge in [0.05, 0.1) is 24.7 Å². The molecule has 5 nitrogen and oxygen atoms in total. The van der Waals surface area contributed by atoms with Crippen LogP contribution < -0.4 is 0 Å². The molecule has 0 saturated carbocycles. The van der Waals surface area contributed by atoms with Crippen LogP contribution in [0.25, 0.3) is 0 Å². The number of hydrogen-bond donors (Lipinski definition) is 0. The Balaban J connectivity index is 2.73. The van der Waals surface area contributed by atoms with Crippen LogP contribution in [0.1, 0.15) is 32.6 Å². The lowest BCUT2D eigenvalue weighted by atomic mass is 9.99. The molecule has 0 bridgehead atoms. The van der Waals surface area contributed by atoms with Gasteiger partial charge >= 0.3 is 5.97 Å². The number of cyclic esters (lactones) is 1. The Morgan fingerprint density at radius 2 is 1.72 bits per heavy atom. The molecule has 1 rings (SSSR count). The highest BCUT2D eigenvalue weighted by Gasteiger charge is 2.28. The van der Waals surface area contributed by atoms with Crippen LogP contribution in [-0.2, 0) is 23.7 Å². The van der Waals surface area contributed by atoms with Crippen LogP contribution in [0.3, 0.4) is 0 Å². The van der Waals surface area contributed by atoms with E-state index in [-0.39, 0.29) is 36.8 Å². The Morgan fingerprint density at radius 1 is 1.06 bits per heavy atom. The average molecular weight is 260 g/mol. The van der Waals surface area contributed by atoms with Gasteiger partial charge in [0.2, 0.25) is 0 Å². The van der Waals surface area contributed by atoms with Crippen molar-refractivity contribution in [2.75, 3.05) is 21.3 Å². The largest absolute Gasteiger partial charge is 0.462 e. The molecule has 5 heteroatoms. The van der Waals surface area contributed by atoms with Crippen molar-refractivity contribution in [1.82, 2.24) is 0 Å². The first-order valence-corrected chi connectivity index (χ1v) is 6.38. The predicted octanol–water partition coefficient (Wildman–Crippen LogP) is 1.54. The number of carbonyl (C=O) groups is 1. The van der Waals surface area contributed by atoms with Gasteiger partial charge < -0.3 is 18.9 Å². The fraction of sp³-hybridized carbons (Fsp3) is 0.923. The molecule has 0 aliphatic carbocycles. The van der Waals surface area contributed by atoms with E-state index >= 15 is 0 Å². The molecule has 106 valence electrons. The normalized spacial score (nSPS) is 35.0. The van der Waals surface area contributed by atoms with Gasteiger partial charge in [0, 0.05) is 27.8 Å². The molecular weight excluding hydrogens is 236 g/mol. The molecule has 1 saturated heterocycles. The Kier molecular flexibility index (Phi) is 6.60. The van der Waals surface area contributed by atoms with Gasteiger partial charge in [-0.15, -0.1) is 0 Å². The molecule has 1 fully saturated rings. The van der Waals surface area contributed by atoms with Crippen molar-refractivity contribution in [3.63, 3.8) is 0 Å². The molecule has 0 amide bonds. The molecule has 0 spiro atoms. The van der Waals surface area contributed by atoms with E-state index in [0.717, 1.165) is 19.3 Å². The van der Waals surface area contributed by atoms with Crippen LogP contribution in [0.5, 0.6) is 0 Å². The van der Waals surface area contributed by atoms with Crippen LogP contribution in [0.2, 0.25) is 0 Å². The molecule has 0 radical (unpaired) electrons. The summed E-state index contributed by atoms with van der Waals surface area (Å²) in [6, 6.07) is 0. The standard InChI is InChI=1S/C13H24O5/c1-9-7-10(15-2)5-6-11(16-3)12(17-4)8-13(14)18-9/h9-12H,5-8H2,1-4H3. The van der Waals surface area contributed by atoms with Gasteiger partial charge in [-0.3, -0.25) is 4.79 Å². The summed E-state index contributed by atoms with van der Waals surface area (Å²) in [5.74, 6) is -0.242. The zero-order chi connectivity index (χ0) is 13.5. The lowest BCUT2D eigenvalue weighted by molar-refractivity contribution is -0.157. The lowest BCUT2D eigenvalue weighted by Crippen LogP contribution is -2.36. The van der Waals surface area contributed by atoms with Crippen molar-refractivity contribution in [1.29, 1.82) is 0 Å². The maximum atomic E-state index is 11.7. The molecular formula is C13H24O5. The van der Waals surface area contributed by atoms with Crippen LogP contribution in [0, 0.1) is 0 Å². The molecule has 4 unspecified atom stereocenters. The van der Waals surface area contributed by atoms with Crippen molar-refractivity contribution in [3.05, 3.63) is 0 Å². The van der Waals surface area contributed by atoms with E-state index in [9.17, 15) is 4.79 Å². The van der Waals surface area contributed by atoms with E-state index in [0.29, 0.717) is 0 Å². The lowest BCUT2D eigenvalue weighted by Gasteiger charge is -2.29. The van der Waals surface area contributed by atoms with Crippen molar-refractivity contribution in [2.24, 2.45) is 0 Å². The molecule has 0 N–H and O–H groups in total. The molecule has 0 aromatic carbocycles. The van der Waals surface area contributed by atoms with Gasteiger partial charge in [0.15, 0.2) is 0 Å². The van der Waals surface area contributed by atoms with Crippen LogP contribution >= 0.6 is 0 Å². The Hall–Kier alpha value is -0.650. The number of rotatable bonds is 3. The van der Waals surface area contributed by atoms with Crippen molar-refractivity contribution >= 4 is 5.97 Å². The monoisotopic (exact) mass is 260 g/mol. The van der Waals surface area contributed by atoms with Gasteiger partial charge in [0.1, 0.15) is 6.10 Å². The molecule has 0 aromatic rings. The predicted molar refractivity (Wildman–Crippen MR) is 66.4 cm³/mol. The van der Waals surface area contributed by atoms with Gasteiger partial charge in [-0.05, 0) is 19.8 Å². The number of methoxy groups -OCH3 is 3. The minimum atomic E-state index is -0.259. The highest BCUT2D eigenvalue weighted by Crippen LogP contribution is 2.21. The number of hydrogen-bond acceptors (Lipinski definition) is 5. The van der Waals surface area contributed by atoms with Crippen LogP contribution in [-0.4, -0.2) is 51.7 Å².